The third-order valence-corrected chi connectivity index (χ3v) is 4.98. The van der Waals surface area contributed by atoms with Crippen molar-refractivity contribution in [3.05, 3.63) is 47.8 Å². The molecular formula is C20H26N6O3. The van der Waals surface area contributed by atoms with E-state index in [0.29, 0.717) is 18.8 Å². The molecule has 0 saturated carbocycles. The lowest BCUT2D eigenvalue weighted by molar-refractivity contribution is -0.121. The SMILES string of the molecule is NCCC(=O)NCC1CCCCN1C(=O)c1cc(C(N)=O)n(-c2ccccc2)n1. The van der Waals surface area contributed by atoms with Crippen molar-refractivity contribution in [2.24, 2.45) is 11.5 Å². The molecule has 1 unspecified atom stereocenters. The Hall–Kier alpha value is -3.20. The molecule has 1 fully saturated rings. The largest absolute Gasteiger partial charge is 0.364 e. The molecule has 0 radical (unpaired) electrons. The van der Waals surface area contributed by atoms with Crippen LogP contribution in [0.2, 0.25) is 0 Å². The second-order valence-corrected chi connectivity index (χ2v) is 7.02. The third-order valence-electron chi connectivity index (χ3n) is 4.98. The molecule has 154 valence electrons. The highest BCUT2D eigenvalue weighted by molar-refractivity contribution is 5.98. The fraction of sp³-hybridized carbons (Fsp3) is 0.400. The lowest BCUT2D eigenvalue weighted by Gasteiger charge is -2.35. The highest BCUT2D eigenvalue weighted by Gasteiger charge is 2.30. The fourth-order valence-electron chi connectivity index (χ4n) is 3.51. The molecular weight excluding hydrogens is 372 g/mol. The van der Waals surface area contributed by atoms with E-state index >= 15 is 0 Å². The van der Waals surface area contributed by atoms with Gasteiger partial charge < -0.3 is 21.7 Å². The minimum absolute atomic E-state index is 0.128. The van der Waals surface area contributed by atoms with Crippen LogP contribution in [0, 0.1) is 0 Å². The van der Waals surface area contributed by atoms with Crippen LogP contribution >= 0.6 is 0 Å². The van der Waals surface area contributed by atoms with Gasteiger partial charge in [0.1, 0.15) is 5.69 Å². The summed E-state index contributed by atoms with van der Waals surface area (Å²) in [6.07, 6.45) is 2.90. The lowest BCUT2D eigenvalue weighted by Crippen LogP contribution is -2.49. The number of aromatic nitrogens is 2. The van der Waals surface area contributed by atoms with Gasteiger partial charge in [-0.2, -0.15) is 5.10 Å². The third kappa shape index (κ3) is 4.80. The Kier molecular flexibility index (Phi) is 6.61. The molecule has 2 heterocycles. The van der Waals surface area contributed by atoms with Gasteiger partial charge in [-0.1, -0.05) is 18.2 Å². The molecule has 5 N–H and O–H groups in total. The maximum absolute atomic E-state index is 13.2. The number of para-hydroxylation sites is 1. The van der Waals surface area contributed by atoms with Crippen LogP contribution in [0.5, 0.6) is 0 Å². The van der Waals surface area contributed by atoms with Crippen molar-refractivity contribution < 1.29 is 14.4 Å². The molecule has 3 amide bonds. The summed E-state index contributed by atoms with van der Waals surface area (Å²) in [6, 6.07) is 10.3. The van der Waals surface area contributed by atoms with Crippen LogP contribution in [-0.4, -0.2) is 58.1 Å². The van der Waals surface area contributed by atoms with E-state index in [1.165, 1.54) is 10.7 Å². The van der Waals surface area contributed by atoms with Crippen LogP contribution in [0.1, 0.15) is 46.7 Å². The topological polar surface area (TPSA) is 136 Å². The highest BCUT2D eigenvalue weighted by Crippen LogP contribution is 2.20. The van der Waals surface area contributed by atoms with E-state index in [0.717, 1.165) is 19.3 Å². The van der Waals surface area contributed by atoms with Crippen molar-refractivity contribution in [3.8, 4) is 5.69 Å². The maximum Gasteiger partial charge on any atom is 0.274 e. The fourth-order valence-corrected chi connectivity index (χ4v) is 3.51. The zero-order valence-electron chi connectivity index (χ0n) is 16.2. The van der Waals surface area contributed by atoms with E-state index in [2.05, 4.69) is 10.4 Å². The van der Waals surface area contributed by atoms with Gasteiger partial charge in [-0.3, -0.25) is 14.4 Å². The van der Waals surface area contributed by atoms with Crippen LogP contribution in [-0.2, 0) is 4.79 Å². The van der Waals surface area contributed by atoms with E-state index in [1.807, 2.05) is 18.2 Å². The number of amides is 3. The van der Waals surface area contributed by atoms with Gasteiger partial charge in [0.15, 0.2) is 5.69 Å². The number of likely N-dealkylation sites (tertiary alicyclic amines) is 1. The smallest absolute Gasteiger partial charge is 0.274 e. The monoisotopic (exact) mass is 398 g/mol. The summed E-state index contributed by atoms with van der Waals surface area (Å²) in [5.74, 6) is -1.07. The van der Waals surface area contributed by atoms with Gasteiger partial charge in [0.2, 0.25) is 5.91 Å². The average molecular weight is 398 g/mol. The number of rotatable bonds is 7. The number of hydrogen-bond donors (Lipinski definition) is 3. The van der Waals surface area contributed by atoms with Crippen LogP contribution in [0.25, 0.3) is 5.69 Å². The summed E-state index contributed by atoms with van der Waals surface area (Å²) in [4.78, 5) is 38.5. The highest BCUT2D eigenvalue weighted by atomic mass is 16.2. The van der Waals surface area contributed by atoms with Gasteiger partial charge >= 0.3 is 0 Å². The van der Waals surface area contributed by atoms with Crippen molar-refractivity contribution in [1.82, 2.24) is 20.0 Å². The van der Waals surface area contributed by atoms with Crippen LogP contribution in [0.3, 0.4) is 0 Å². The number of hydrogen-bond acceptors (Lipinski definition) is 5. The minimum atomic E-state index is -0.662. The lowest BCUT2D eigenvalue weighted by atomic mass is 10.0. The second-order valence-electron chi connectivity index (χ2n) is 7.02. The Balaban J connectivity index is 1.82. The molecule has 1 aromatic carbocycles. The Morgan fingerprint density at radius 2 is 1.93 bits per heavy atom. The zero-order chi connectivity index (χ0) is 20.8. The Labute approximate surface area is 169 Å². The first-order chi connectivity index (χ1) is 14.0. The van der Waals surface area contributed by atoms with Crippen LogP contribution in [0.15, 0.2) is 36.4 Å². The Morgan fingerprint density at radius 1 is 1.17 bits per heavy atom. The summed E-state index contributed by atoms with van der Waals surface area (Å²) in [6.45, 7) is 1.22. The number of piperidine rings is 1. The summed E-state index contributed by atoms with van der Waals surface area (Å²) in [5.41, 5.74) is 11.8. The maximum atomic E-state index is 13.2. The normalized spacial score (nSPS) is 16.4. The summed E-state index contributed by atoms with van der Waals surface area (Å²) in [7, 11) is 0. The molecule has 1 aliphatic rings. The number of carbonyl (C=O) groups excluding carboxylic acids is 3. The molecule has 0 bridgehead atoms. The van der Waals surface area contributed by atoms with Crippen molar-refractivity contribution in [3.63, 3.8) is 0 Å². The first-order valence-corrected chi connectivity index (χ1v) is 9.74. The number of primary amides is 1. The number of nitrogens with two attached hydrogens (primary N) is 2. The van der Waals surface area contributed by atoms with Crippen molar-refractivity contribution >= 4 is 17.7 Å². The standard InChI is InChI=1S/C20H26N6O3/c21-10-9-18(27)23-13-15-8-4-5-11-25(15)20(29)16-12-17(19(22)28)26(24-16)14-6-2-1-3-7-14/h1-3,6-7,12,15H,4-5,8-11,13,21H2,(H2,22,28)(H,23,27). The minimum Gasteiger partial charge on any atom is -0.364 e. The first kappa shape index (κ1) is 20.5. The Bertz CT molecular complexity index is 880. The van der Waals surface area contributed by atoms with Crippen molar-refractivity contribution in [2.75, 3.05) is 19.6 Å². The van der Waals surface area contributed by atoms with E-state index < -0.39 is 5.91 Å². The average Bonchev–Trinajstić information content (AvgIpc) is 3.19. The number of carbonyl (C=O) groups is 3. The van der Waals surface area contributed by atoms with Gasteiger partial charge in [-0.15, -0.1) is 0 Å². The van der Waals surface area contributed by atoms with E-state index in [9.17, 15) is 14.4 Å². The van der Waals surface area contributed by atoms with Crippen LogP contribution in [0.4, 0.5) is 0 Å². The van der Waals surface area contributed by atoms with Crippen molar-refractivity contribution in [1.29, 1.82) is 0 Å². The molecule has 1 aliphatic heterocycles. The molecule has 0 aliphatic carbocycles. The van der Waals surface area contributed by atoms with Gasteiger partial charge in [0.25, 0.3) is 11.8 Å². The van der Waals surface area contributed by atoms with E-state index in [4.69, 9.17) is 11.5 Å². The van der Waals surface area contributed by atoms with E-state index in [-0.39, 0.29) is 42.2 Å². The summed E-state index contributed by atoms with van der Waals surface area (Å²) >= 11 is 0. The molecule has 2 aromatic rings. The Morgan fingerprint density at radius 3 is 2.62 bits per heavy atom. The number of nitrogens with one attached hydrogen (secondary N) is 1. The van der Waals surface area contributed by atoms with Gasteiger partial charge in [0, 0.05) is 38.2 Å². The molecule has 29 heavy (non-hydrogen) atoms. The van der Waals surface area contributed by atoms with Gasteiger partial charge in [-0.25, -0.2) is 4.68 Å². The van der Waals surface area contributed by atoms with Gasteiger partial charge in [0.05, 0.1) is 5.69 Å². The quantitative estimate of drug-likeness (QED) is 0.621. The molecule has 1 atom stereocenters. The zero-order valence-corrected chi connectivity index (χ0v) is 16.2. The molecule has 9 nitrogen and oxygen atoms in total. The predicted octanol–water partition coefficient (Wildman–Crippen LogP) is 0.431. The molecule has 1 aromatic heterocycles. The molecule has 9 heteroatoms. The number of benzene rings is 1. The molecule has 1 saturated heterocycles. The van der Waals surface area contributed by atoms with E-state index in [1.54, 1.807) is 17.0 Å². The summed E-state index contributed by atoms with van der Waals surface area (Å²) < 4.78 is 1.39. The van der Waals surface area contributed by atoms with Crippen LogP contribution < -0.4 is 16.8 Å². The first-order valence-electron chi connectivity index (χ1n) is 9.74. The molecule has 0 spiro atoms. The van der Waals surface area contributed by atoms with Gasteiger partial charge in [-0.05, 0) is 31.4 Å². The summed E-state index contributed by atoms with van der Waals surface area (Å²) in [5, 5.41) is 7.19. The number of nitrogens with zero attached hydrogens (tertiary/aromatic N) is 3. The van der Waals surface area contributed by atoms with Crippen molar-refractivity contribution in [2.45, 2.75) is 31.7 Å². The predicted molar refractivity (Wildman–Crippen MR) is 107 cm³/mol. The second kappa shape index (κ2) is 9.33. The molecule has 3 rings (SSSR count).